The first-order valence-corrected chi connectivity index (χ1v) is 11.5. The van der Waals surface area contributed by atoms with E-state index >= 15 is 0 Å². The van der Waals surface area contributed by atoms with Crippen LogP contribution in [0.15, 0.2) is 29.3 Å². The fourth-order valence-electron chi connectivity index (χ4n) is 2.90. The number of hydrogen-bond donors (Lipinski definition) is 3. The summed E-state index contributed by atoms with van der Waals surface area (Å²) in [4.78, 5) is 4.31. The van der Waals surface area contributed by atoms with Crippen LogP contribution in [0.5, 0.6) is 0 Å². The quantitative estimate of drug-likeness (QED) is 0.398. The summed E-state index contributed by atoms with van der Waals surface area (Å²) in [6.07, 6.45) is 3.61. The van der Waals surface area contributed by atoms with Crippen molar-refractivity contribution in [2.24, 2.45) is 4.99 Å². The maximum absolute atomic E-state index is 13.2. The molecule has 0 aromatic heterocycles. The summed E-state index contributed by atoms with van der Waals surface area (Å²) < 4.78 is 45.6. The topological polar surface area (TPSA) is 91.8 Å². The normalized spacial score (nSPS) is 18.1. The molecule has 1 aromatic rings. The Balaban J connectivity index is 1.74. The predicted molar refractivity (Wildman–Crippen MR) is 109 cm³/mol. The van der Waals surface area contributed by atoms with Gasteiger partial charge in [-0.25, -0.2) is 17.5 Å². The summed E-state index contributed by atoms with van der Waals surface area (Å²) in [7, 11) is -3.39. The van der Waals surface area contributed by atoms with Gasteiger partial charge in [-0.15, -0.1) is 0 Å². The highest BCUT2D eigenvalue weighted by molar-refractivity contribution is 7.89. The Labute approximate surface area is 167 Å². The fourth-order valence-corrected chi connectivity index (χ4v) is 3.81. The maximum atomic E-state index is 13.2. The van der Waals surface area contributed by atoms with Crippen LogP contribution in [0.1, 0.15) is 31.7 Å². The number of benzene rings is 1. The Morgan fingerprint density at radius 1 is 1.32 bits per heavy atom. The molecule has 9 heteroatoms. The van der Waals surface area contributed by atoms with Gasteiger partial charge in [-0.2, -0.15) is 0 Å². The highest BCUT2D eigenvalue weighted by atomic mass is 32.2. The van der Waals surface area contributed by atoms with Gasteiger partial charge in [-0.1, -0.05) is 12.1 Å². The third kappa shape index (κ3) is 8.99. The number of sulfonamides is 1. The molecule has 1 aliphatic rings. The van der Waals surface area contributed by atoms with Gasteiger partial charge in [0.25, 0.3) is 0 Å². The predicted octanol–water partition coefficient (Wildman–Crippen LogP) is 1.41. The van der Waals surface area contributed by atoms with Crippen LogP contribution in [0.2, 0.25) is 0 Å². The molecule has 0 aliphatic carbocycles. The highest BCUT2D eigenvalue weighted by Gasteiger charge is 2.17. The van der Waals surface area contributed by atoms with Crippen molar-refractivity contribution in [3.63, 3.8) is 0 Å². The first-order chi connectivity index (χ1) is 13.5. The molecule has 0 radical (unpaired) electrons. The largest absolute Gasteiger partial charge is 0.377 e. The Hall–Kier alpha value is -1.71. The first-order valence-electron chi connectivity index (χ1n) is 9.84. The standard InChI is InChI=1S/C19H31FN4O3S/c1-2-21-19(22-10-9-16-6-5-7-17(20)14-16)23-11-13-28(25,26)24-15-18-8-3-4-12-27-18/h5-7,14,18,24H,2-4,8-13,15H2,1H3,(H2,21,22,23). The van der Waals surface area contributed by atoms with Crippen LogP contribution >= 0.6 is 0 Å². The zero-order valence-electron chi connectivity index (χ0n) is 16.4. The van der Waals surface area contributed by atoms with E-state index in [2.05, 4.69) is 20.3 Å². The average Bonchev–Trinajstić information content (AvgIpc) is 2.67. The van der Waals surface area contributed by atoms with E-state index in [0.717, 1.165) is 24.8 Å². The van der Waals surface area contributed by atoms with Crippen molar-refractivity contribution in [3.8, 4) is 0 Å². The maximum Gasteiger partial charge on any atom is 0.213 e. The molecule has 1 atom stereocenters. The molecule has 1 aromatic carbocycles. The van der Waals surface area contributed by atoms with Gasteiger partial charge in [0.15, 0.2) is 5.96 Å². The third-order valence-corrected chi connectivity index (χ3v) is 5.70. The first kappa shape index (κ1) is 22.6. The van der Waals surface area contributed by atoms with Crippen LogP contribution in [0.3, 0.4) is 0 Å². The lowest BCUT2D eigenvalue weighted by Gasteiger charge is -2.22. The number of nitrogens with zero attached hydrogens (tertiary/aromatic N) is 1. The molecule has 7 nitrogen and oxygen atoms in total. The second-order valence-electron chi connectivity index (χ2n) is 6.72. The molecule has 1 fully saturated rings. The minimum Gasteiger partial charge on any atom is -0.377 e. The molecule has 1 unspecified atom stereocenters. The lowest BCUT2D eigenvalue weighted by atomic mass is 10.1. The molecular weight excluding hydrogens is 383 g/mol. The van der Waals surface area contributed by atoms with Crippen molar-refractivity contribution >= 4 is 16.0 Å². The van der Waals surface area contributed by atoms with Crippen molar-refractivity contribution in [2.45, 2.75) is 38.7 Å². The van der Waals surface area contributed by atoms with Crippen LogP contribution in [0.25, 0.3) is 0 Å². The van der Waals surface area contributed by atoms with Gasteiger partial charge in [0.05, 0.1) is 18.4 Å². The molecular formula is C19H31FN4O3S. The average molecular weight is 415 g/mol. The molecule has 1 saturated heterocycles. The molecule has 1 heterocycles. The number of hydrogen-bond acceptors (Lipinski definition) is 4. The molecule has 0 spiro atoms. The minimum absolute atomic E-state index is 0.0335. The van der Waals surface area contributed by atoms with Crippen LogP contribution in [-0.4, -0.2) is 59.0 Å². The van der Waals surface area contributed by atoms with Crippen molar-refractivity contribution < 1.29 is 17.5 Å². The molecule has 2 rings (SSSR count). The van der Waals surface area contributed by atoms with E-state index in [1.807, 2.05) is 13.0 Å². The zero-order chi connectivity index (χ0) is 20.2. The van der Waals surface area contributed by atoms with Crippen molar-refractivity contribution in [2.75, 3.05) is 38.5 Å². The summed E-state index contributed by atoms with van der Waals surface area (Å²) >= 11 is 0. The Kier molecular flexibility index (Phi) is 9.66. The van der Waals surface area contributed by atoms with E-state index < -0.39 is 10.0 Å². The number of ether oxygens (including phenoxy) is 1. The van der Waals surface area contributed by atoms with E-state index in [4.69, 9.17) is 4.74 Å². The molecule has 0 amide bonds. The van der Waals surface area contributed by atoms with E-state index in [1.165, 1.54) is 12.1 Å². The smallest absolute Gasteiger partial charge is 0.213 e. The van der Waals surface area contributed by atoms with Gasteiger partial charge in [-0.05, 0) is 50.3 Å². The number of guanidine groups is 1. The van der Waals surface area contributed by atoms with Crippen molar-refractivity contribution in [1.82, 2.24) is 15.4 Å². The van der Waals surface area contributed by atoms with E-state index in [0.29, 0.717) is 38.6 Å². The minimum atomic E-state index is -3.39. The summed E-state index contributed by atoms with van der Waals surface area (Å²) in [5.41, 5.74) is 0.889. The molecule has 158 valence electrons. The van der Waals surface area contributed by atoms with Crippen LogP contribution in [0, 0.1) is 5.82 Å². The summed E-state index contributed by atoms with van der Waals surface area (Å²) in [6.45, 7) is 4.33. The Morgan fingerprint density at radius 3 is 2.89 bits per heavy atom. The molecule has 3 N–H and O–H groups in total. The Morgan fingerprint density at radius 2 is 2.18 bits per heavy atom. The van der Waals surface area contributed by atoms with Crippen molar-refractivity contribution in [1.29, 1.82) is 0 Å². The Bertz CT molecular complexity index is 722. The van der Waals surface area contributed by atoms with Gasteiger partial charge in [0.2, 0.25) is 10.0 Å². The molecule has 1 aliphatic heterocycles. The number of aliphatic imine (C=N–C) groups is 1. The van der Waals surface area contributed by atoms with Crippen LogP contribution in [0.4, 0.5) is 4.39 Å². The van der Waals surface area contributed by atoms with Gasteiger partial charge < -0.3 is 15.4 Å². The monoisotopic (exact) mass is 414 g/mol. The van der Waals surface area contributed by atoms with Crippen LogP contribution < -0.4 is 15.4 Å². The van der Waals surface area contributed by atoms with E-state index in [1.54, 1.807) is 6.07 Å². The van der Waals surface area contributed by atoms with Gasteiger partial charge in [0.1, 0.15) is 5.82 Å². The fraction of sp³-hybridized carbons (Fsp3) is 0.632. The summed E-state index contributed by atoms with van der Waals surface area (Å²) in [5, 5.41) is 6.22. The van der Waals surface area contributed by atoms with E-state index in [9.17, 15) is 12.8 Å². The molecule has 28 heavy (non-hydrogen) atoms. The van der Waals surface area contributed by atoms with Gasteiger partial charge in [0, 0.05) is 26.2 Å². The number of rotatable bonds is 10. The summed E-state index contributed by atoms with van der Waals surface area (Å²) in [5.74, 6) is 0.208. The van der Waals surface area contributed by atoms with Gasteiger partial charge in [-0.3, -0.25) is 4.99 Å². The van der Waals surface area contributed by atoms with Gasteiger partial charge >= 0.3 is 0 Å². The summed E-state index contributed by atoms with van der Waals surface area (Å²) in [6, 6.07) is 6.46. The lowest BCUT2D eigenvalue weighted by Crippen LogP contribution is -2.39. The second-order valence-corrected chi connectivity index (χ2v) is 8.65. The number of nitrogens with one attached hydrogen (secondary N) is 3. The third-order valence-electron chi connectivity index (χ3n) is 4.37. The van der Waals surface area contributed by atoms with Crippen LogP contribution in [-0.2, 0) is 21.2 Å². The lowest BCUT2D eigenvalue weighted by molar-refractivity contribution is 0.0200. The molecule has 0 bridgehead atoms. The van der Waals surface area contributed by atoms with Crippen molar-refractivity contribution in [3.05, 3.63) is 35.6 Å². The SMILES string of the molecule is CCNC(=NCCS(=O)(=O)NCC1CCCCO1)NCCc1cccc(F)c1. The highest BCUT2D eigenvalue weighted by Crippen LogP contribution is 2.11. The molecule has 0 saturated carbocycles. The number of halogens is 1. The second kappa shape index (κ2) is 12.0. The zero-order valence-corrected chi connectivity index (χ0v) is 17.2. The van der Waals surface area contributed by atoms with E-state index in [-0.39, 0.29) is 24.2 Å².